The average molecular weight is 690 g/mol. The summed E-state index contributed by atoms with van der Waals surface area (Å²) < 4.78 is 0. The van der Waals surface area contributed by atoms with Crippen molar-refractivity contribution in [3.05, 3.63) is 217 Å². The Labute approximate surface area is 317 Å². The fourth-order valence-electron chi connectivity index (χ4n) is 8.41. The summed E-state index contributed by atoms with van der Waals surface area (Å²) in [7, 11) is 0. The molecule has 8 aromatic rings. The molecule has 10 rings (SSSR count). The number of allylic oxidation sites excluding steroid dienone is 4. The Morgan fingerprint density at radius 3 is 1.52 bits per heavy atom. The first-order chi connectivity index (χ1) is 26.7. The number of anilines is 3. The lowest BCUT2D eigenvalue weighted by Gasteiger charge is -2.26. The monoisotopic (exact) mass is 689 g/mol. The minimum absolute atomic E-state index is 1.02. The van der Waals surface area contributed by atoms with Gasteiger partial charge in [-0.05, 0) is 139 Å². The van der Waals surface area contributed by atoms with Gasteiger partial charge in [-0.2, -0.15) is 0 Å². The summed E-state index contributed by atoms with van der Waals surface area (Å²) in [5.74, 6) is 0. The molecule has 1 heteroatoms. The predicted octanol–water partition coefficient (Wildman–Crippen LogP) is 14.6. The van der Waals surface area contributed by atoms with Crippen LogP contribution in [0.3, 0.4) is 0 Å². The molecule has 0 saturated heterocycles. The molecule has 0 unspecified atom stereocenters. The van der Waals surface area contributed by atoms with Crippen molar-refractivity contribution in [2.24, 2.45) is 0 Å². The van der Waals surface area contributed by atoms with Crippen LogP contribution in [-0.4, -0.2) is 0 Å². The van der Waals surface area contributed by atoms with E-state index < -0.39 is 0 Å². The van der Waals surface area contributed by atoms with E-state index in [2.05, 4.69) is 205 Å². The van der Waals surface area contributed by atoms with Gasteiger partial charge in [0.2, 0.25) is 0 Å². The second kappa shape index (κ2) is 13.7. The van der Waals surface area contributed by atoms with Gasteiger partial charge in [0.05, 0.1) is 0 Å². The van der Waals surface area contributed by atoms with Crippen molar-refractivity contribution in [2.45, 2.75) is 19.3 Å². The first kappa shape index (κ1) is 32.0. The molecule has 1 nitrogen and oxygen atoms in total. The van der Waals surface area contributed by atoms with Crippen LogP contribution in [0.15, 0.2) is 206 Å². The molecule has 0 atom stereocenters. The van der Waals surface area contributed by atoms with Crippen molar-refractivity contribution in [2.75, 3.05) is 4.90 Å². The molecule has 0 N–H and O–H groups in total. The second-order valence-electron chi connectivity index (χ2n) is 14.4. The lowest BCUT2D eigenvalue weighted by Crippen LogP contribution is -2.09. The molecule has 256 valence electrons. The van der Waals surface area contributed by atoms with Crippen LogP contribution in [0.2, 0.25) is 0 Å². The van der Waals surface area contributed by atoms with E-state index in [0.717, 1.165) is 36.3 Å². The van der Waals surface area contributed by atoms with Gasteiger partial charge in [0, 0.05) is 17.1 Å². The average Bonchev–Trinajstić information content (AvgIpc) is 3.64. The lowest BCUT2D eigenvalue weighted by atomic mass is 9.93. The zero-order valence-electron chi connectivity index (χ0n) is 30.1. The first-order valence-electron chi connectivity index (χ1n) is 19.0. The maximum absolute atomic E-state index is 2.37. The van der Waals surface area contributed by atoms with Gasteiger partial charge in [-0.25, -0.2) is 0 Å². The Hall–Kier alpha value is -6.70. The van der Waals surface area contributed by atoms with E-state index in [-0.39, 0.29) is 0 Å². The molecule has 54 heavy (non-hydrogen) atoms. The Morgan fingerprint density at radius 1 is 0.370 bits per heavy atom. The van der Waals surface area contributed by atoms with E-state index in [1.54, 1.807) is 5.57 Å². The first-order valence-corrected chi connectivity index (χ1v) is 19.0. The Balaban J connectivity index is 0.992. The number of benzene rings is 8. The normalized spacial score (nSPS) is 13.2. The van der Waals surface area contributed by atoms with Crippen molar-refractivity contribution in [1.82, 2.24) is 0 Å². The number of fused-ring (bicyclic) bond motifs is 3. The van der Waals surface area contributed by atoms with Crippen LogP contribution in [0.1, 0.15) is 24.0 Å². The minimum Gasteiger partial charge on any atom is -0.311 e. The lowest BCUT2D eigenvalue weighted by molar-refractivity contribution is 1.04. The van der Waals surface area contributed by atoms with E-state index in [4.69, 9.17) is 0 Å². The van der Waals surface area contributed by atoms with E-state index in [9.17, 15) is 0 Å². The zero-order valence-corrected chi connectivity index (χ0v) is 30.1. The van der Waals surface area contributed by atoms with Gasteiger partial charge in [0.25, 0.3) is 0 Å². The van der Waals surface area contributed by atoms with Gasteiger partial charge in [0.1, 0.15) is 0 Å². The smallest absolute Gasteiger partial charge is 0.0462 e. The topological polar surface area (TPSA) is 3.24 Å². The highest BCUT2D eigenvalue weighted by molar-refractivity contribution is 5.89. The molecule has 0 saturated carbocycles. The molecule has 0 aliphatic heterocycles. The molecule has 0 spiro atoms. The molecule has 0 radical (unpaired) electrons. The Kier molecular flexibility index (Phi) is 8.11. The molecule has 0 aromatic heterocycles. The molecular formula is C53H39N. The largest absolute Gasteiger partial charge is 0.311 e. The van der Waals surface area contributed by atoms with Gasteiger partial charge in [-0.15, -0.1) is 0 Å². The summed E-state index contributed by atoms with van der Waals surface area (Å²) >= 11 is 0. The van der Waals surface area contributed by atoms with Crippen molar-refractivity contribution in [3.63, 3.8) is 0 Å². The summed E-state index contributed by atoms with van der Waals surface area (Å²) in [4.78, 5) is 2.37. The van der Waals surface area contributed by atoms with Gasteiger partial charge >= 0.3 is 0 Å². The number of nitrogens with zero attached hydrogens (tertiary/aromatic N) is 1. The fraction of sp³-hybridized carbons (Fsp3) is 0.0566. The SMILES string of the molecule is C1=CC2=C(CC1)c1cccc(-c3ccc(N(c4ccc(-c5ccc(-c6ccccc6)cc5)cc4)c4ccc(-c5ccc6ccccc6c5)cc4)cc3)c1C2. The van der Waals surface area contributed by atoms with Crippen LogP contribution < -0.4 is 4.90 Å². The molecule has 0 bridgehead atoms. The molecule has 0 heterocycles. The minimum atomic E-state index is 1.02. The third kappa shape index (κ3) is 5.94. The summed E-state index contributed by atoms with van der Waals surface area (Å²) in [5.41, 5.74) is 19.2. The molecular weight excluding hydrogens is 651 g/mol. The zero-order chi connectivity index (χ0) is 35.8. The van der Waals surface area contributed by atoms with Gasteiger partial charge in [0.15, 0.2) is 0 Å². The third-order valence-electron chi connectivity index (χ3n) is 11.2. The maximum Gasteiger partial charge on any atom is 0.0462 e. The van der Waals surface area contributed by atoms with Crippen LogP contribution in [-0.2, 0) is 6.42 Å². The van der Waals surface area contributed by atoms with Gasteiger partial charge in [-0.3, -0.25) is 0 Å². The molecule has 2 aliphatic rings. The number of hydrogen-bond donors (Lipinski definition) is 0. The standard InChI is InChI=1S/C53H39N/c1-2-9-37(10-3-1)39-17-19-40(20-18-39)41-23-29-47(30-24-41)54(48-31-25-42(26-32-48)45-22-21-38-11-4-5-12-44(38)35-45)49-33-27-43(28-34-49)50-15-8-16-52-51-14-7-6-13-46(51)36-53(50)52/h1-6,8-13,15-35H,7,14,36H2. The van der Waals surface area contributed by atoms with E-state index in [0.29, 0.717) is 0 Å². The highest BCUT2D eigenvalue weighted by Gasteiger charge is 2.24. The van der Waals surface area contributed by atoms with Crippen molar-refractivity contribution < 1.29 is 0 Å². The van der Waals surface area contributed by atoms with Gasteiger partial charge < -0.3 is 4.90 Å². The van der Waals surface area contributed by atoms with Crippen molar-refractivity contribution in [1.29, 1.82) is 0 Å². The quantitative estimate of drug-likeness (QED) is 0.161. The maximum atomic E-state index is 2.37. The third-order valence-corrected chi connectivity index (χ3v) is 11.2. The highest BCUT2D eigenvalue weighted by Crippen LogP contribution is 2.44. The molecule has 8 aromatic carbocycles. The Bertz CT molecular complexity index is 2680. The van der Waals surface area contributed by atoms with Crippen molar-refractivity contribution >= 4 is 33.4 Å². The van der Waals surface area contributed by atoms with Gasteiger partial charge in [-0.1, -0.05) is 158 Å². The number of rotatable bonds is 7. The van der Waals surface area contributed by atoms with E-state index in [1.165, 1.54) is 72.0 Å². The molecule has 0 fully saturated rings. The second-order valence-corrected chi connectivity index (χ2v) is 14.4. The molecule has 0 amide bonds. The molecule has 2 aliphatic carbocycles. The number of hydrogen-bond acceptors (Lipinski definition) is 1. The van der Waals surface area contributed by atoms with Crippen molar-refractivity contribution in [3.8, 4) is 44.5 Å². The van der Waals surface area contributed by atoms with Crippen LogP contribution in [0.25, 0.3) is 60.9 Å². The van der Waals surface area contributed by atoms with E-state index in [1.807, 2.05) is 0 Å². The van der Waals surface area contributed by atoms with Crippen LogP contribution in [0.5, 0.6) is 0 Å². The summed E-state index contributed by atoms with van der Waals surface area (Å²) in [6, 6.07) is 68.7. The highest BCUT2D eigenvalue weighted by atomic mass is 15.1. The van der Waals surface area contributed by atoms with E-state index >= 15 is 0 Å². The fourth-order valence-corrected chi connectivity index (χ4v) is 8.41. The predicted molar refractivity (Wildman–Crippen MR) is 229 cm³/mol. The summed E-state index contributed by atoms with van der Waals surface area (Å²) in [6.45, 7) is 0. The summed E-state index contributed by atoms with van der Waals surface area (Å²) in [6.07, 6.45) is 7.98. The summed E-state index contributed by atoms with van der Waals surface area (Å²) in [5, 5.41) is 2.52. The Morgan fingerprint density at radius 2 is 0.870 bits per heavy atom. The van der Waals surface area contributed by atoms with Crippen LogP contribution in [0.4, 0.5) is 17.1 Å². The van der Waals surface area contributed by atoms with Crippen LogP contribution in [0, 0.1) is 0 Å². The van der Waals surface area contributed by atoms with Crippen LogP contribution >= 0.6 is 0 Å².